The molecule has 2 aliphatic heterocycles. The first-order chi connectivity index (χ1) is 9.60. The zero-order valence-corrected chi connectivity index (χ0v) is 11.2. The first-order valence-electron chi connectivity index (χ1n) is 5.84. The van der Waals surface area contributed by atoms with E-state index in [4.69, 9.17) is 14.6 Å². The lowest BCUT2D eigenvalue weighted by Gasteiger charge is -2.26. The molecular formula is C10H11F3O7S. The average Bonchev–Trinajstić information content (AvgIpc) is 2.69. The SMILES string of the molecule is O=C(O)COC1=C(OS(=O)(=O)C(F)(F)F)CC2CCC1O2. The smallest absolute Gasteiger partial charge is 0.480 e. The molecule has 2 bridgehead atoms. The molecule has 1 saturated heterocycles. The second kappa shape index (κ2) is 5.37. The van der Waals surface area contributed by atoms with Crippen molar-refractivity contribution in [2.45, 2.75) is 37.0 Å². The predicted molar refractivity (Wildman–Crippen MR) is 59.2 cm³/mol. The molecular weight excluding hydrogens is 321 g/mol. The van der Waals surface area contributed by atoms with Gasteiger partial charge in [0.2, 0.25) is 0 Å². The van der Waals surface area contributed by atoms with E-state index in [1.807, 2.05) is 0 Å². The number of carboxylic acids is 1. The monoisotopic (exact) mass is 332 g/mol. The Kier molecular flexibility index (Phi) is 4.06. The number of rotatable bonds is 5. The van der Waals surface area contributed by atoms with E-state index in [1.165, 1.54) is 0 Å². The van der Waals surface area contributed by atoms with Crippen LogP contribution in [0.2, 0.25) is 0 Å². The van der Waals surface area contributed by atoms with Crippen molar-refractivity contribution < 1.29 is 45.1 Å². The highest BCUT2D eigenvalue weighted by Gasteiger charge is 2.50. The molecule has 120 valence electrons. The molecule has 0 spiro atoms. The number of fused-ring (bicyclic) bond motifs is 2. The molecule has 1 N–H and O–H groups in total. The maximum atomic E-state index is 12.3. The molecule has 2 heterocycles. The molecule has 2 atom stereocenters. The van der Waals surface area contributed by atoms with Gasteiger partial charge in [-0.15, -0.1) is 0 Å². The Labute approximate surface area is 117 Å². The van der Waals surface area contributed by atoms with E-state index in [-0.39, 0.29) is 12.2 Å². The van der Waals surface area contributed by atoms with Gasteiger partial charge >= 0.3 is 21.6 Å². The molecule has 0 saturated carbocycles. The van der Waals surface area contributed by atoms with Gasteiger partial charge in [-0.3, -0.25) is 0 Å². The van der Waals surface area contributed by atoms with Gasteiger partial charge in [0.25, 0.3) is 0 Å². The second-order valence-electron chi connectivity index (χ2n) is 4.48. The largest absolute Gasteiger partial charge is 0.534 e. The first-order valence-corrected chi connectivity index (χ1v) is 7.25. The molecule has 21 heavy (non-hydrogen) atoms. The van der Waals surface area contributed by atoms with Crippen LogP contribution in [0, 0.1) is 0 Å². The number of halogens is 3. The van der Waals surface area contributed by atoms with Gasteiger partial charge in [-0.25, -0.2) is 4.79 Å². The fourth-order valence-corrected chi connectivity index (χ4v) is 2.61. The van der Waals surface area contributed by atoms with Crippen LogP contribution < -0.4 is 0 Å². The number of carbonyl (C=O) groups is 1. The number of carboxylic acid groups (broad SMARTS) is 1. The molecule has 2 unspecified atom stereocenters. The third kappa shape index (κ3) is 3.40. The van der Waals surface area contributed by atoms with Crippen LogP contribution in [0.3, 0.4) is 0 Å². The predicted octanol–water partition coefficient (Wildman–Crippen LogP) is 1.12. The first kappa shape index (κ1) is 15.9. The topological polar surface area (TPSA) is 99.1 Å². The van der Waals surface area contributed by atoms with E-state index in [1.54, 1.807) is 0 Å². The summed E-state index contributed by atoms with van der Waals surface area (Å²) in [7, 11) is -5.83. The van der Waals surface area contributed by atoms with Crippen molar-refractivity contribution in [2.75, 3.05) is 6.61 Å². The van der Waals surface area contributed by atoms with Gasteiger partial charge in [-0.1, -0.05) is 0 Å². The highest BCUT2D eigenvalue weighted by Crippen LogP contribution is 2.39. The summed E-state index contributed by atoms with van der Waals surface area (Å²) >= 11 is 0. The average molecular weight is 332 g/mol. The molecule has 0 aliphatic carbocycles. The fourth-order valence-electron chi connectivity index (χ4n) is 2.10. The van der Waals surface area contributed by atoms with E-state index in [0.717, 1.165) is 0 Å². The van der Waals surface area contributed by atoms with Crippen LogP contribution in [0.5, 0.6) is 0 Å². The Hall–Kier alpha value is -1.49. The van der Waals surface area contributed by atoms with Gasteiger partial charge in [0.1, 0.15) is 6.10 Å². The van der Waals surface area contributed by atoms with Gasteiger partial charge in [0.05, 0.1) is 6.10 Å². The van der Waals surface area contributed by atoms with Crippen molar-refractivity contribution in [3.63, 3.8) is 0 Å². The lowest BCUT2D eigenvalue weighted by atomic mass is 10.2. The van der Waals surface area contributed by atoms with Crippen LogP contribution in [0.4, 0.5) is 13.2 Å². The summed E-state index contributed by atoms with van der Waals surface area (Å²) in [5, 5.41) is 8.53. The van der Waals surface area contributed by atoms with Crippen LogP contribution in [0.1, 0.15) is 19.3 Å². The minimum absolute atomic E-state index is 0.221. The van der Waals surface area contributed by atoms with Crippen LogP contribution in [0.25, 0.3) is 0 Å². The second-order valence-corrected chi connectivity index (χ2v) is 6.02. The van der Waals surface area contributed by atoms with Gasteiger partial charge in [0.15, 0.2) is 18.1 Å². The summed E-state index contributed by atoms with van der Waals surface area (Å²) in [6.07, 6.45) is -0.602. The Morgan fingerprint density at radius 3 is 2.62 bits per heavy atom. The van der Waals surface area contributed by atoms with E-state index in [9.17, 15) is 26.4 Å². The summed E-state index contributed by atoms with van der Waals surface area (Å²) in [6.45, 7) is -0.835. The lowest BCUT2D eigenvalue weighted by molar-refractivity contribution is -0.141. The molecule has 0 aromatic carbocycles. The summed E-state index contributed by atoms with van der Waals surface area (Å²) in [6, 6.07) is 0. The zero-order chi connectivity index (χ0) is 15.8. The maximum Gasteiger partial charge on any atom is 0.534 e. The van der Waals surface area contributed by atoms with Crippen LogP contribution >= 0.6 is 0 Å². The Bertz CT molecular complexity index is 566. The van der Waals surface area contributed by atoms with Crippen molar-refractivity contribution in [3.05, 3.63) is 11.5 Å². The fraction of sp³-hybridized carbons (Fsp3) is 0.700. The zero-order valence-electron chi connectivity index (χ0n) is 10.4. The minimum Gasteiger partial charge on any atom is -0.480 e. The summed E-state index contributed by atoms with van der Waals surface area (Å²) in [5.74, 6) is -2.22. The van der Waals surface area contributed by atoms with Gasteiger partial charge in [0, 0.05) is 6.42 Å². The standard InChI is InChI=1S/C10H11F3O7S/c11-10(12,13)21(16,17)20-7-3-5-1-2-6(19-5)9(7)18-4-8(14)15/h5-6H,1-4H2,(H,14,15). The summed E-state index contributed by atoms with van der Waals surface area (Å²) in [4.78, 5) is 10.5. The van der Waals surface area contributed by atoms with Crippen molar-refractivity contribution in [3.8, 4) is 0 Å². The van der Waals surface area contributed by atoms with Crippen molar-refractivity contribution in [1.82, 2.24) is 0 Å². The Balaban J connectivity index is 2.27. The maximum absolute atomic E-state index is 12.3. The van der Waals surface area contributed by atoms with Crippen LogP contribution in [-0.4, -0.2) is 43.8 Å². The Morgan fingerprint density at radius 2 is 2.05 bits per heavy atom. The van der Waals surface area contributed by atoms with E-state index in [2.05, 4.69) is 4.18 Å². The number of alkyl halides is 3. The van der Waals surface area contributed by atoms with Gasteiger partial charge in [-0.05, 0) is 12.8 Å². The Morgan fingerprint density at radius 1 is 1.38 bits per heavy atom. The van der Waals surface area contributed by atoms with Crippen molar-refractivity contribution >= 4 is 16.1 Å². The van der Waals surface area contributed by atoms with E-state index >= 15 is 0 Å². The molecule has 0 radical (unpaired) electrons. The minimum atomic E-state index is -5.83. The van der Waals surface area contributed by atoms with Crippen molar-refractivity contribution in [2.24, 2.45) is 0 Å². The number of hydrogen-bond acceptors (Lipinski definition) is 6. The van der Waals surface area contributed by atoms with Gasteiger partial charge in [-0.2, -0.15) is 21.6 Å². The molecule has 0 aromatic heterocycles. The molecule has 0 aromatic rings. The summed E-state index contributed by atoms with van der Waals surface area (Å²) in [5.41, 5.74) is -5.57. The quantitative estimate of drug-likeness (QED) is 0.595. The third-order valence-corrected chi connectivity index (χ3v) is 3.92. The molecule has 0 amide bonds. The van der Waals surface area contributed by atoms with Crippen LogP contribution in [0.15, 0.2) is 11.5 Å². The number of ether oxygens (including phenoxy) is 2. The number of aliphatic carboxylic acids is 1. The van der Waals surface area contributed by atoms with Gasteiger partial charge < -0.3 is 18.8 Å². The lowest BCUT2D eigenvalue weighted by Crippen LogP contribution is -2.30. The van der Waals surface area contributed by atoms with E-state index < -0.39 is 46.2 Å². The molecule has 11 heteroatoms. The van der Waals surface area contributed by atoms with E-state index in [0.29, 0.717) is 12.8 Å². The third-order valence-electron chi connectivity index (χ3n) is 2.93. The molecule has 2 aliphatic rings. The molecule has 7 nitrogen and oxygen atoms in total. The number of hydrogen-bond donors (Lipinski definition) is 1. The van der Waals surface area contributed by atoms with Crippen LogP contribution in [-0.2, 0) is 28.6 Å². The summed E-state index contributed by atoms with van der Waals surface area (Å²) < 4.78 is 73.4. The van der Waals surface area contributed by atoms with Crippen molar-refractivity contribution in [1.29, 1.82) is 0 Å². The highest BCUT2D eigenvalue weighted by atomic mass is 32.2. The highest BCUT2D eigenvalue weighted by molar-refractivity contribution is 7.87. The molecule has 1 fully saturated rings. The normalized spacial score (nSPS) is 25.9. The molecule has 2 rings (SSSR count).